The molecule has 1 aliphatic carbocycles. The summed E-state index contributed by atoms with van der Waals surface area (Å²) in [4.78, 5) is 12.3. The molecule has 4 nitrogen and oxygen atoms in total. The Kier molecular flexibility index (Phi) is 4.68. The van der Waals surface area contributed by atoms with Crippen LogP contribution < -0.4 is 5.32 Å². The van der Waals surface area contributed by atoms with Gasteiger partial charge in [-0.3, -0.25) is 4.79 Å². The quantitative estimate of drug-likeness (QED) is 0.782. The zero-order valence-electron chi connectivity index (χ0n) is 13.0. The lowest BCUT2D eigenvalue weighted by molar-refractivity contribution is -0.122. The van der Waals surface area contributed by atoms with Crippen LogP contribution in [0.4, 0.5) is 0 Å². The first-order chi connectivity index (χ1) is 11.1. The number of nitrogens with zero attached hydrogens (tertiary/aromatic N) is 2. The molecule has 0 fully saturated rings. The van der Waals surface area contributed by atoms with Gasteiger partial charge in [0.2, 0.25) is 5.91 Å². The number of aryl methyl sites for hydroxylation is 1. The fraction of sp³-hybridized carbons (Fsp3) is 0.500. The number of hydrogen-bond acceptors (Lipinski definition) is 3. The van der Waals surface area contributed by atoms with Crippen molar-refractivity contribution in [2.24, 2.45) is 10.2 Å². The van der Waals surface area contributed by atoms with E-state index in [2.05, 4.69) is 27.5 Å². The molecule has 0 saturated heterocycles. The number of amides is 1. The molecular formula is C18H20ClN3O. The molecule has 5 heteroatoms. The van der Waals surface area contributed by atoms with Crippen molar-refractivity contribution >= 4 is 17.5 Å². The third-order valence-electron chi connectivity index (χ3n) is 4.56. The van der Waals surface area contributed by atoms with Crippen molar-refractivity contribution in [2.45, 2.75) is 56.7 Å². The van der Waals surface area contributed by atoms with Crippen LogP contribution in [0.15, 0.2) is 28.4 Å². The molecule has 0 saturated carbocycles. The Morgan fingerprint density at radius 2 is 2.26 bits per heavy atom. The van der Waals surface area contributed by atoms with Crippen molar-refractivity contribution in [1.29, 1.82) is 0 Å². The average Bonchev–Trinajstić information content (AvgIpc) is 3.32. The molecule has 0 spiro atoms. The standard InChI is InChI=1S/C18H20ClN3O/c1-2-3-10-18(21-22-18)11-9-17(23)20-16-6-4-5-13-7-8-14(19)12-15(13)16/h1,7-8,12,16H,3-6,9-11H2,(H,20,23)/t16-/m0/s1. The average molecular weight is 330 g/mol. The van der Waals surface area contributed by atoms with Crippen LogP contribution in [0.3, 0.4) is 0 Å². The second-order valence-corrected chi connectivity index (χ2v) is 6.68. The van der Waals surface area contributed by atoms with E-state index in [1.165, 1.54) is 5.56 Å². The van der Waals surface area contributed by atoms with Gasteiger partial charge in [-0.05, 0) is 42.5 Å². The highest BCUT2D eigenvalue weighted by Gasteiger charge is 2.39. The summed E-state index contributed by atoms with van der Waals surface area (Å²) >= 11 is 6.10. The number of carbonyl (C=O) groups is 1. The van der Waals surface area contributed by atoms with E-state index < -0.39 is 5.66 Å². The third kappa shape index (κ3) is 3.92. The van der Waals surface area contributed by atoms with Gasteiger partial charge < -0.3 is 5.32 Å². The molecule has 2 aliphatic rings. The smallest absolute Gasteiger partial charge is 0.220 e. The summed E-state index contributed by atoms with van der Waals surface area (Å²) in [6, 6.07) is 6.00. The first kappa shape index (κ1) is 16.0. The maximum atomic E-state index is 12.3. The number of nitrogens with one attached hydrogen (secondary N) is 1. The summed E-state index contributed by atoms with van der Waals surface area (Å²) in [6.07, 6.45) is 10.8. The van der Waals surface area contributed by atoms with Crippen molar-refractivity contribution in [3.8, 4) is 12.3 Å². The lowest BCUT2D eigenvalue weighted by Crippen LogP contribution is -2.31. The van der Waals surface area contributed by atoms with E-state index in [1.54, 1.807) is 0 Å². The molecule has 1 aromatic rings. The summed E-state index contributed by atoms with van der Waals surface area (Å²) in [7, 11) is 0. The Labute approximate surface area is 141 Å². The van der Waals surface area contributed by atoms with Crippen molar-refractivity contribution in [3.63, 3.8) is 0 Å². The summed E-state index contributed by atoms with van der Waals surface area (Å²) < 4.78 is 0. The van der Waals surface area contributed by atoms with Gasteiger partial charge in [0, 0.05) is 30.7 Å². The largest absolute Gasteiger partial charge is 0.349 e. The van der Waals surface area contributed by atoms with Gasteiger partial charge >= 0.3 is 0 Å². The Balaban J connectivity index is 1.55. The van der Waals surface area contributed by atoms with E-state index in [0.29, 0.717) is 24.3 Å². The van der Waals surface area contributed by atoms with Gasteiger partial charge in [-0.2, -0.15) is 10.2 Å². The summed E-state index contributed by atoms with van der Waals surface area (Å²) in [5.74, 6) is 2.64. The van der Waals surface area contributed by atoms with Crippen LogP contribution >= 0.6 is 11.6 Å². The fourth-order valence-corrected chi connectivity index (χ4v) is 3.35. The Hall–Kier alpha value is -1.86. The van der Waals surface area contributed by atoms with Crippen LogP contribution in [0.5, 0.6) is 0 Å². The maximum absolute atomic E-state index is 12.3. The van der Waals surface area contributed by atoms with Crippen LogP contribution in [-0.4, -0.2) is 11.6 Å². The van der Waals surface area contributed by atoms with Crippen LogP contribution in [0.1, 0.15) is 55.7 Å². The summed E-state index contributed by atoms with van der Waals surface area (Å²) in [5.41, 5.74) is 2.04. The van der Waals surface area contributed by atoms with Gasteiger partial charge in [-0.15, -0.1) is 12.3 Å². The van der Waals surface area contributed by atoms with E-state index >= 15 is 0 Å². The molecule has 0 radical (unpaired) electrons. The van der Waals surface area contributed by atoms with Crippen LogP contribution in [0.25, 0.3) is 0 Å². The minimum Gasteiger partial charge on any atom is -0.349 e. The molecule has 3 rings (SSSR count). The summed E-state index contributed by atoms with van der Waals surface area (Å²) in [5, 5.41) is 12.0. The first-order valence-corrected chi connectivity index (χ1v) is 8.45. The van der Waals surface area contributed by atoms with Gasteiger partial charge in [-0.25, -0.2) is 0 Å². The van der Waals surface area contributed by atoms with Gasteiger partial charge in [0.25, 0.3) is 0 Å². The van der Waals surface area contributed by atoms with Gasteiger partial charge in [0.15, 0.2) is 5.66 Å². The topological polar surface area (TPSA) is 53.8 Å². The fourth-order valence-electron chi connectivity index (χ4n) is 3.17. The minimum atomic E-state index is -0.391. The SMILES string of the molecule is C#CCCC1(CCC(=O)N[C@H]2CCCc3ccc(Cl)cc32)N=N1. The number of terminal acetylenes is 1. The highest BCUT2D eigenvalue weighted by molar-refractivity contribution is 6.30. The molecule has 1 aliphatic heterocycles. The lowest BCUT2D eigenvalue weighted by atomic mass is 9.87. The Bertz CT molecular complexity index is 671. The minimum absolute atomic E-state index is 0.0419. The zero-order chi connectivity index (χ0) is 16.3. The molecule has 1 atom stereocenters. The van der Waals surface area contributed by atoms with Gasteiger partial charge in [0.1, 0.15) is 0 Å². The van der Waals surface area contributed by atoms with Crippen molar-refractivity contribution in [1.82, 2.24) is 5.32 Å². The molecular weight excluding hydrogens is 310 g/mol. The van der Waals surface area contributed by atoms with Gasteiger partial charge in [0.05, 0.1) is 6.04 Å². The monoisotopic (exact) mass is 329 g/mol. The molecule has 0 bridgehead atoms. The maximum Gasteiger partial charge on any atom is 0.220 e. The number of carbonyl (C=O) groups excluding carboxylic acids is 1. The van der Waals surface area contributed by atoms with E-state index in [9.17, 15) is 4.79 Å². The van der Waals surface area contributed by atoms with Gasteiger partial charge in [-0.1, -0.05) is 17.7 Å². The van der Waals surface area contributed by atoms with E-state index in [4.69, 9.17) is 18.0 Å². The molecule has 1 heterocycles. The lowest BCUT2D eigenvalue weighted by Gasteiger charge is -2.26. The van der Waals surface area contributed by atoms with Crippen LogP contribution in [-0.2, 0) is 11.2 Å². The van der Waals surface area contributed by atoms with Crippen LogP contribution in [0.2, 0.25) is 5.02 Å². The molecule has 1 amide bonds. The molecule has 23 heavy (non-hydrogen) atoms. The molecule has 1 N–H and O–H groups in total. The predicted molar refractivity (Wildman–Crippen MR) is 90.2 cm³/mol. The normalized spacial score (nSPS) is 20.4. The van der Waals surface area contributed by atoms with Crippen molar-refractivity contribution in [3.05, 3.63) is 34.3 Å². The van der Waals surface area contributed by atoms with E-state index in [-0.39, 0.29) is 11.9 Å². The molecule has 0 unspecified atom stereocenters. The predicted octanol–water partition coefficient (Wildman–Crippen LogP) is 4.19. The Morgan fingerprint density at radius 3 is 3.00 bits per heavy atom. The van der Waals surface area contributed by atoms with Crippen LogP contribution in [0, 0.1) is 12.3 Å². The molecule has 1 aromatic carbocycles. The second-order valence-electron chi connectivity index (χ2n) is 6.24. The third-order valence-corrected chi connectivity index (χ3v) is 4.80. The number of benzene rings is 1. The number of halogens is 1. The zero-order valence-corrected chi connectivity index (χ0v) is 13.8. The summed E-state index contributed by atoms with van der Waals surface area (Å²) in [6.45, 7) is 0. The highest BCUT2D eigenvalue weighted by Crippen LogP contribution is 2.38. The second kappa shape index (κ2) is 6.72. The van der Waals surface area contributed by atoms with E-state index in [0.717, 1.165) is 31.2 Å². The Morgan fingerprint density at radius 1 is 1.43 bits per heavy atom. The molecule has 120 valence electrons. The molecule has 0 aromatic heterocycles. The number of fused-ring (bicyclic) bond motifs is 1. The van der Waals surface area contributed by atoms with Crippen molar-refractivity contribution in [2.75, 3.05) is 0 Å². The first-order valence-electron chi connectivity index (χ1n) is 8.07. The van der Waals surface area contributed by atoms with E-state index in [1.807, 2.05) is 12.1 Å². The highest BCUT2D eigenvalue weighted by atomic mass is 35.5. The number of hydrogen-bond donors (Lipinski definition) is 1. The number of rotatable bonds is 6. The van der Waals surface area contributed by atoms with Crippen molar-refractivity contribution < 1.29 is 4.79 Å².